The number of ether oxygens (including phenoxy) is 2. The second kappa shape index (κ2) is 8.65. The molecular weight excluding hydrogens is 320 g/mol. The lowest BCUT2D eigenvalue weighted by Gasteiger charge is -2.51. The number of benzene rings is 1. The number of hydrogen-bond donors (Lipinski definition) is 2. The fraction of sp³-hybridized carbons (Fsp3) is 0.632. The van der Waals surface area contributed by atoms with Crippen LogP contribution in [0.25, 0.3) is 0 Å². The molecule has 0 aliphatic carbocycles. The Morgan fingerprint density at radius 2 is 1.96 bits per heavy atom. The zero-order valence-electron chi connectivity index (χ0n) is 14.8. The zero-order chi connectivity index (χ0) is 17.6. The van der Waals surface area contributed by atoms with E-state index in [0.717, 1.165) is 32.2 Å². The quantitative estimate of drug-likeness (QED) is 0.769. The number of alkyl carbamates (subject to hydrolysis) is 1. The molecule has 0 radical (unpaired) electrons. The lowest BCUT2D eigenvalue weighted by molar-refractivity contribution is -0.104. The molecule has 6 nitrogen and oxygen atoms in total. The normalized spacial score (nSPS) is 29.2. The Balaban J connectivity index is 1.65. The van der Waals surface area contributed by atoms with Crippen molar-refractivity contribution in [3.05, 3.63) is 35.9 Å². The summed E-state index contributed by atoms with van der Waals surface area (Å²) in [4.78, 5) is 14.4. The number of fused-ring (bicyclic) bond motifs is 2. The van der Waals surface area contributed by atoms with Crippen LogP contribution in [0.4, 0.5) is 4.79 Å². The van der Waals surface area contributed by atoms with Crippen molar-refractivity contribution in [2.24, 2.45) is 0 Å². The topological polar surface area (TPSA) is 71.0 Å². The molecule has 0 aromatic heterocycles. The molecule has 2 heterocycles. The van der Waals surface area contributed by atoms with E-state index in [2.05, 4.69) is 22.3 Å². The lowest BCUT2D eigenvalue weighted by atomic mass is 9.80. The Morgan fingerprint density at radius 3 is 2.72 bits per heavy atom. The van der Waals surface area contributed by atoms with Crippen LogP contribution in [0.2, 0.25) is 0 Å². The van der Waals surface area contributed by atoms with Gasteiger partial charge in [0.1, 0.15) is 6.10 Å². The van der Waals surface area contributed by atoms with Gasteiger partial charge in [0.25, 0.3) is 0 Å². The number of rotatable bonds is 6. The van der Waals surface area contributed by atoms with Gasteiger partial charge in [-0.3, -0.25) is 4.90 Å². The van der Waals surface area contributed by atoms with E-state index >= 15 is 0 Å². The van der Waals surface area contributed by atoms with Crippen molar-refractivity contribution in [1.82, 2.24) is 10.2 Å². The fourth-order valence-corrected chi connectivity index (χ4v) is 4.05. The number of nitrogens with zero attached hydrogens (tertiary/aromatic N) is 1. The van der Waals surface area contributed by atoms with Crippen molar-refractivity contribution >= 4 is 6.09 Å². The highest BCUT2D eigenvalue weighted by molar-refractivity contribution is 5.67. The largest absolute Gasteiger partial charge is 0.445 e. The average molecular weight is 348 g/mol. The standard InChI is InChI=1S/C19H28N2O4/c1-24-12-11-20-19(23)25-18-10-8-15-17(22)9-7-16(18)21(15)13-14-5-3-2-4-6-14/h2-6,15-18,22H,7-13H2,1H3,(H,20,23)/t15-,16-,17-,18-/m0/s1. The van der Waals surface area contributed by atoms with Crippen LogP contribution in [0.15, 0.2) is 30.3 Å². The number of carbonyl (C=O) groups is 1. The van der Waals surface area contributed by atoms with Gasteiger partial charge in [0.2, 0.25) is 0 Å². The van der Waals surface area contributed by atoms with Gasteiger partial charge in [0.15, 0.2) is 0 Å². The smallest absolute Gasteiger partial charge is 0.407 e. The fourth-order valence-electron chi connectivity index (χ4n) is 4.05. The van der Waals surface area contributed by atoms with Gasteiger partial charge in [-0.05, 0) is 31.2 Å². The van der Waals surface area contributed by atoms with E-state index in [1.165, 1.54) is 5.56 Å². The van der Waals surface area contributed by atoms with Gasteiger partial charge in [-0.2, -0.15) is 0 Å². The van der Waals surface area contributed by atoms with Gasteiger partial charge in [-0.15, -0.1) is 0 Å². The number of methoxy groups -OCH3 is 1. The van der Waals surface area contributed by atoms with Crippen LogP contribution in [0, 0.1) is 0 Å². The highest BCUT2D eigenvalue weighted by atomic mass is 16.6. The monoisotopic (exact) mass is 348 g/mol. The first kappa shape index (κ1) is 18.2. The number of piperidine rings is 2. The Labute approximate surface area is 149 Å². The maximum absolute atomic E-state index is 12.0. The van der Waals surface area contributed by atoms with Gasteiger partial charge < -0.3 is 19.9 Å². The van der Waals surface area contributed by atoms with E-state index < -0.39 is 0 Å². The van der Waals surface area contributed by atoms with Crippen LogP contribution in [0.5, 0.6) is 0 Å². The minimum Gasteiger partial charge on any atom is -0.445 e. The maximum Gasteiger partial charge on any atom is 0.407 e. The summed E-state index contributed by atoms with van der Waals surface area (Å²) in [6.07, 6.45) is 2.46. The van der Waals surface area contributed by atoms with E-state index in [-0.39, 0.29) is 30.4 Å². The molecule has 2 aliphatic heterocycles. The molecule has 2 fully saturated rings. The molecule has 6 heteroatoms. The average Bonchev–Trinajstić information content (AvgIpc) is 2.61. The van der Waals surface area contributed by atoms with Crippen molar-refractivity contribution in [3.63, 3.8) is 0 Å². The summed E-state index contributed by atoms with van der Waals surface area (Å²) < 4.78 is 10.6. The zero-order valence-corrected chi connectivity index (χ0v) is 14.8. The van der Waals surface area contributed by atoms with E-state index in [0.29, 0.717) is 13.2 Å². The van der Waals surface area contributed by atoms with Crippen molar-refractivity contribution in [2.75, 3.05) is 20.3 Å². The molecule has 2 aliphatic rings. The van der Waals surface area contributed by atoms with Crippen LogP contribution in [-0.4, -0.2) is 60.7 Å². The van der Waals surface area contributed by atoms with E-state index in [4.69, 9.17) is 9.47 Å². The molecule has 138 valence electrons. The maximum atomic E-state index is 12.0. The highest BCUT2D eigenvalue weighted by Gasteiger charge is 2.45. The number of aliphatic hydroxyl groups is 1. The Bertz CT molecular complexity index is 554. The Morgan fingerprint density at radius 1 is 1.20 bits per heavy atom. The summed E-state index contributed by atoms with van der Waals surface area (Å²) in [5, 5.41) is 13.1. The predicted molar refractivity (Wildman–Crippen MR) is 94.2 cm³/mol. The number of carbonyl (C=O) groups excluding carboxylic acids is 1. The Hall–Kier alpha value is -1.63. The third-order valence-corrected chi connectivity index (χ3v) is 5.27. The minimum absolute atomic E-state index is 0.130. The van der Waals surface area contributed by atoms with Crippen LogP contribution in [-0.2, 0) is 16.0 Å². The van der Waals surface area contributed by atoms with Gasteiger partial charge in [-0.25, -0.2) is 4.79 Å². The van der Waals surface area contributed by atoms with E-state index in [9.17, 15) is 9.90 Å². The van der Waals surface area contributed by atoms with Crippen LogP contribution < -0.4 is 5.32 Å². The number of nitrogens with one attached hydrogen (secondary N) is 1. The third-order valence-electron chi connectivity index (χ3n) is 5.27. The molecule has 2 bridgehead atoms. The van der Waals surface area contributed by atoms with E-state index in [1.807, 2.05) is 18.2 Å². The number of aliphatic hydroxyl groups excluding tert-OH is 1. The van der Waals surface area contributed by atoms with Crippen molar-refractivity contribution < 1.29 is 19.4 Å². The number of hydrogen-bond acceptors (Lipinski definition) is 5. The first-order valence-electron chi connectivity index (χ1n) is 9.10. The van der Waals surface area contributed by atoms with Crippen molar-refractivity contribution in [2.45, 2.75) is 56.5 Å². The summed E-state index contributed by atoms with van der Waals surface area (Å²) in [7, 11) is 1.60. The van der Waals surface area contributed by atoms with Crippen LogP contribution in [0.1, 0.15) is 31.2 Å². The highest BCUT2D eigenvalue weighted by Crippen LogP contribution is 2.36. The molecule has 2 N–H and O–H groups in total. The van der Waals surface area contributed by atoms with Gasteiger partial charge >= 0.3 is 6.09 Å². The summed E-state index contributed by atoms with van der Waals surface area (Å²) in [5.74, 6) is 0. The first-order valence-corrected chi connectivity index (χ1v) is 9.10. The van der Waals surface area contributed by atoms with Crippen molar-refractivity contribution in [3.8, 4) is 0 Å². The molecule has 1 aromatic rings. The van der Waals surface area contributed by atoms with E-state index in [1.54, 1.807) is 7.11 Å². The van der Waals surface area contributed by atoms with Crippen molar-refractivity contribution in [1.29, 1.82) is 0 Å². The minimum atomic E-state index is -0.383. The van der Waals surface area contributed by atoms with Crippen LogP contribution in [0.3, 0.4) is 0 Å². The summed E-state index contributed by atoms with van der Waals surface area (Å²) >= 11 is 0. The summed E-state index contributed by atoms with van der Waals surface area (Å²) in [6.45, 7) is 1.69. The molecule has 0 unspecified atom stereocenters. The second-order valence-corrected chi connectivity index (χ2v) is 6.88. The third kappa shape index (κ3) is 4.51. The van der Waals surface area contributed by atoms with Gasteiger partial charge in [-0.1, -0.05) is 30.3 Å². The summed E-state index contributed by atoms with van der Waals surface area (Å²) in [6, 6.07) is 10.6. The molecule has 0 spiro atoms. The van der Waals surface area contributed by atoms with Crippen LogP contribution >= 0.6 is 0 Å². The molecule has 1 amide bonds. The summed E-state index contributed by atoms with van der Waals surface area (Å²) in [5.41, 5.74) is 1.22. The van der Waals surface area contributed by atoms with Gasteiger partial charge in [0.05, 0.1) is 12.7 Å². The Kier molecular flexibility index (Phi) is 6.29. The molecule has 25 heavy (non-hydrogen) atoms. The predicted octanol–water partition coefficient (Wildman–Crippen LogP) is 1.92. The van der Waals surface area contributed by atoms with Gasteiger partial charge in [0, 0.05) is 32.3 Å². The second-order valence-electron chi connectivity index (χ2n) is 6.88. The first-order chi connectivity index (χ1) is 12.2. The molecule has 1 aromatic carbocycles. The molecule has 4 atom stereocenters. The molecule has 2 saturated heterocycles. The number of amides is 1. The molecular formula is C19H28N2O4. The SMILES string of the molecule is COCCNC(=O)O[C@H]1CC[C@H]2[C@@H](O)CC[C@@H]1N2Cc1ccccc1. The molecule has 0 saturated carbocycles. The molecule has 3 rings (SSSR count). The lowest BCUT2D eigenvalue weighted by Crippen LogP contribution is -2.61.